The molecule has 8 nitrogen and oxygen atoms in total. The topological polar surface area (TPSA) is 109 Å². The van der Waals surface area contributed by atoms with E-state index in [9.17, 15) is 14.4 Å². The predicted octanol–water partition coefficient (Wildman–Crippen LogP) is 3.72. The second-order valence-corrected chi connectivity index (χ2v) is 7.66. The molecule has 0 bridgehead atoms. The van der Waals surface area contributed by atoms with Crippen molar-refractivity contribution >= 4 is 35.3 Å². The van der Waals surface area contributed by atoms with Crippen LogP contribution in [0.5, 0.6) is 5.75 Å². The number of anilines is 2. The molecule has 8 heteroatoms. The van der Waals surface area contributed by atoms with Gasteiger partial charge in [-0.05, 0) is 61.7 Å². The number of rotatable bonds is 7. The molecule has 3 rings (SSSR count). The van der Waals surface area contributed by atoms with Crippen LogP contribution in [0.1, 0.15) is 22.3 Å². The van der Waals surface area contributed by atoms with Crippen LogP contribution in [0.2, 0.25) is 0 Å². The van der Waals surface area contributed by atoms with Gasteiger partial charge in [-0.1, -0.05) is 42.5 Å². The number of aryl methyl sites for hydroxylation is 3. The fraction of sp³-hybridized carbons (Fsp3) is 0.154. The van der Waals surface area contributed by atoms with E-state index in [0.29, 0.717) is 22.7 Å². The van der Waals surface area contributed by atoms with Crippen molar-refractivity contribution in [2.24, 2.45) is 5.10 Å². The Morgan fingerprint density at radius 3 is 2.29 bits per heavy atom. The summed E-state index contributed by atoms with van der Waals surface area (Å²) in [5, 5.41) is 9.22. The molecule has 3 N–H and O–H groups in total. The molecular formula is C26H26N4O4. The molecule has 0 spiro atoms. The summed E-state index contributed by atoms with van der Waals surface area (Å²) in [5.41, 5.74) is 6.74. The minimum Gasteiger partial charge on any atom is -0.483 e. The Kier molecular flexibility index (Phi) is 8.12. The van der Waals surface area contributed by atoms with E-state index in [2.05, 4.69) is 21.2 Å². The molecule has 0 aliphatic rings. The Labute approximate surface area is 198 Å². The molecule has 0 saturated carbocycles. The third kappa shape index (κ3) is 6.77. The van der Waals surface area contributed by atoms with Crippen molar-refractivity contribution in [2.45, 2.75) is 20.8 Å². The maximum absolute atomic E-state index is 12.2. The largest absolute Gasteiger partial charge is 0.483 e. The lowest BCUT2D eigenvalue weighted by Crippen LogP contribution is -2.32. The van der Waals surface area contributed by atoms with Crippen LogP contribution in [-0.4, -0.2) is 30.5 Å². The lowest BCUT2D eigenvalue weighted by Gasteiger charge is -2.11. The van der Waals surface area contributed by atoms with Crippen LogP contribution in [-0.2, 0) is 14.4 Å². The summed E-state index contributed by atoms with van der Waals surface area (Å²) in [4.78, 5) is 36.6. The van der Waals surface area contributed by atoms with Crippen LogP contribution in [0.3, 0.4) is 0 Å². The summed E-state index contributed by atoms with van der Waals surface area (Å²) in [6.45, 7) is 5.42. The molecule has 3 aromatic carbocycles. The van der Waals surface area contributed by atoms with Gasteiger partial charge >= 0.3 is 11.8 Å². The zero-order chi connectivity index (χ0) is 24.5. The zero-order valence-corrected chi connectivity index (χ0v) is 19.2. The molecular weight excluding hydrogens is 432 g/mol. The van der Waals surface area contributed by atoms with Gasteiger partial charge in [-0.3, -0.25) is 14.4 Å². The molecule has 0 radical (unpaired) electrons. The number of amides is 3. The highest BCUT2D eigenvalue weighted by atomic mass is 16.5. The van der Waals surface area contributed by atoms with Gasteiger partial charge in [0.15, 0.2) is 6.61 Å². The Morgan fingerprint density at radius 1 is 0.853 bits per heavy atom. The summed E-state index contributed by atoms with van der Waals surface area (Å²) in [6, 6.07) is 19.9. The van der Waals surface area contributed by atoms with E-state index in [1.807, 2.05) is 57.2 Å². The van der Waals surface area contributed by atoms with Gasteiger partial charge in [0.25, 0.3) is 5.91 Å². The van der Waals surface area contributed by atoms with Crippen LogP contribution in [0.25, 0.3) is 0 Å². The molecule has 0 unspecified atom stereocenters. The quantitative estimate of drug-likeness (QED) is 0.285. The number of nitrogens with one attached hydrogen (secondary N) is 3. The predicted molar refractivity (Wildman–Crippen MR) is 132 cm³/mol. The third-order valence-corrected chi connectivity index (χ3v) is 4.88. The molecule has 0 heterocycles. The van der Waals surface area contributed by atoms with Gasteiger partial charge in [-0.25, -0.2) is 5.43 Å². The highest BCUT2D eigenvalue weighted by Crippen LogP contribution is 2.19. The van der Waals surface area contributed by atoms with Crippen molar-refractivity contribution in [2.75, 3.05) is 17.2 Å². The average molecular weight is 459 g/mol. The summed E-state index contributed by atoms with van der Waals surface area (Å²) < 4.78 is 5.62. The first kappa shape index (κ1) is 24.2. The maximum Gasteiger partial charge on any atom is 0.329 e. The van der Waals surface area contributed by atoms with Crippen molar-refractivity contribution in [1.82, 2.24) is 5.43 Å². The third-order valence-electron chi connectivity index (χ3n) is 4.88. The molecule has 3 aromatic rings. The Hall–Kier alpha value is -4.46. The van der Waals surface area contributed by atoms with Gasteiger partial charge in [-0.2, -0.15) is 5.10 Å². The van der Waals surface area contributed by atoms with Gasteiger partial charge in [0, 0.05) is 16.9 Å². The van der Waals surface area contributed by atoms with E-state index in [1.165, 1.54) is 6.21 Å². The van der Waals surface area contributed by atoms with Gasteiger partial charge in [0.2, 0.25) is 0 Å². The van der Waals surface area contributed by atoms with E-state index < -0.39 is 11.8 Å². The maximum atomic E-state index is 12.2. The molecule has 34 heavy (non-hydrogen) atoms. The second-order valence-electron chi connectivity index (χ2n) is 7.66. The summed E-state index contributed by atoms with van der Waals surface area (Å²) in [6.07, 6.45) is 1.35. The fourth-order valence-corrected chi connectivity index (χ4v) is 3.17. The zero-order valence-electron chi connectivity index (χ0n) is 19.2. The smallest absolute Gasteiger partial charge is 0.329 e. The standard InChI is InChI=1S/C26H26N4O4/c1-17-8-6-12-21(14-17)28-23(31)16-34-22-13-5-4-11-20(22)15-27-30-26(33)25(32)29-24-18(2)9-7-10-19(24)3/h4-15H,16H2,1-3H3,(H,28,31)(H,29,32)(H,30,33)/b27-15-. The first-order valence-electron chi connectivity index (χ1n) is 10.6. The Bertz CT molecular complexity index is 1220. The summed E-state index contributed by atoms with van der Waals surface area (Å²) in [7, 11) is 0. The molecule has 0 saturated heterocycles. The number of ether oxygens (including phenoxy) is 1. The Balaban J connectivity index is 1.55. The molecule has 0 aliphatic heterocycles. The normalized spacial score (nSPS) is 10.6. The molecule has 174 valence electrons. The highest BCUT2D eigenvalue weighted by Gasteiger charge is 2.15. The van der Waals surface area contributed by atoms with E-state index >= 15 is 0 Å². The van der Waals surface area contributed by atoms with Crippen molar-refractivity contribution in [3.63, 3.8) is 0 Å². The van der Waals surface area contributed by atoms with E-state index in [4.69, 9.17) is 4.74 Å². The van der Waals surface area contributed by atoms with Crippen molar-refractivity contribution in [3.05, 3.63) is 89.0 Å². The number of nitrogens with zero attached hydrogens (tertiary/aromatic N) is 1. The lowest BCUT2D eigenvalue weighted by molar-refractivity contribution is -0.136. The Morgan fingerprint density at radius 2 is 1.56 bits per heavy atom. The summed E-state index contributed by atoms with van der Waals surface area (Å²) in [5.74, 6) is -1.64. The number of benzene rings is 3. The second kappa shape index (κ2) is 11.4. The SMILES string of the molecule is Cc1cccc(NC(=O)COc2ccccc2/C=N\NC(=O)C(=O)Nc2c(C)cccc2C)c1. The fourth-order valence-electron chi connectivity index (χ4n) is 3.17. The minimum atomic E-state index is -0.908. The van der Waals surface area contributed by atoms with Crippen LogP contribution < -0.4 is 20.8 Å². The first-order chi connectivity index (χ1) is 16.3. The lowest BCUT2D eigenvalue weighted by atomic mass is 10.1. The summed E-state index contributed by atoms with van der Waals surface area (Å²) >= 11 is 0. The van der Waals surface area contributed by atoms with Crippen molar-refractivity contribution in [3.8, 4) is 5.75 Å². The number of hydrogen-bond acceptors (Lipinski definition) is 5. The van der Waals surface area contributed by atoms with Crippen LogP contribution in [0.15, 0.2) is 71.8 Å². The van der Waals surface area contributed by atoms with Gasteiger partial charge < -0.3 is 15.4 Å². The molecule has 3 amide bonds. The number of carbonyl (C=O) groups excluding carboxylic acids is 3. The highest BCUT2D eigenvalue weighted by molar-refractivity contribution is 6.39. The first-order valence-corrected chi connectivity index (χ1v) is 10.6. The van der Waals surface area contributed by atoms with Crippen molar-refractivity contribution in [1.29, 1.82) is 0 Å². The number of para-hydroxylation sites is 2. The molecule has 0 aliphatic carbocycles. The molecule has 0 fully saturated rings. The average Bonchev–Trinajstić information content (AvgIpc) is 2.80. The van der Waals surface area contributed by atoms with Crippen LogP contribution in [0, 0.1) is 20.8 Å². The van der Waals surface area contributed by atoms with Gasteiger partial charge in [-0.15, -0.1) is 0 Å². The van der Waals surface area contributed by atoms with Gasteiger partial charge in [0.1, 0.15) is 5.75 Å². The minimum absolute atomic E-state index is 0.205. The molecule has 0 atom stereocenters. The number of hydrogen-bond donors (Lipinski definition) is 3. The van der Waals surface area contributed by atoms with E-state index in [1.54, 1.807) is 30.3 Å². The van der Waals surface area contributed by atoms with Crippen LogP contribution >= 0.6 is 0 Å². The molecule has 0 aromatic heterocycles. The van der Waals surface area contributed by atoms with Crippen LogP contribution in [0.4, 0.5) is 11.4 Å². The number of hydrazone groups is 1. The van der Waals surface area contributed by atoms with Crippen molar-refractivity contribution < 1.29 is 19.1 Å². The number of carbonyl (C=O) groups is 3. The van der Waals surface area contributed by atoms with E-state index in [-0.39, 0.29) is 12.5 Å². The van der Waals surface area contributed by atoms with Gasteiger partial charge in [0.05, 0.1) is 6.21 Å². The monoisotopic (exact) mass is 458 g/mol. The van der Waals surface area contributed by atoms with E-state index in [0.717, 1.165) is 16.7 Å².